The highest BCUT2D eigenvalue weighted by atomic mass is 16.2. The maximum absolute atomic E-state index is 13.9. The van der Waals surface area contributed by atoms with Crippen LogP contribution in [0.5, 0.6) is 0 Å². The first kappa shape index (κ1) is 29.5. The van der Waals surface area contributed by atoms with Crippen LogP contribution in [0.1, 0.15) is 39.9 Å². The zero-order valence-electron chi connectivity index (χ0n) is 23.7. The maximum atomic E-state index is 13.9. The van der Waals surface area contributed by atoms with Gasteiger partial charge in [-0.25, -0.2) is 0 Å². The second-order valence-corrected chi connectivity index (χ2v) is 11.0. The van der Waals surface area contributed by atoms with Gasteiger partial charge >= 0.3 is 0 Å². The summed E-state index contributed by atoms with van der Waals surface area (Å²) in [6.07, 6.45) is 1.61. The Balaban J connectivity index is 1.49. The van der Waals surface area contributed by atoms with E-state index in [0.29, 0.717) is 30.5 Å². The summed E-state index contributed by atoms with van der Waals surface area (Å²) in [6, 6.07) is 21.3. The fourth-order valence-corrected chi connectivity index (χ4v) is 5.67. The molecule has 2 aliphatic rings. The van der Waals surface area contributed by atoms with Gasteiger partial charge in [0.1, 0.15) is 24.2 Å². The number of carbonyl (C=O) groups excluding carboxylic acids is 5. The first-order chi connectivity index (χ1) is 20.8. The second-order valence-electron chi connectivity index (χ2n) is 11.0. The van der Waals surface area contributed by atoms with Gasteiger partial charge in [0.2, 0.25) is 29.5 Å². The third kappa shape index (κ3) is 7.27. The topological polar surface area (TPSA) is 151 Å². The van der Waals surface area contributed by atoms with E-state index in [1.165, 1.54) is 4.90 Å². The van der Waals surface area contributed by atoms with Crippen LogP contribution in [0.15, 0.2) is 84.9 Å². The Kier molecular flexibility index (Phi) is 9.14. The van der Waals surface area contributed by atoms with Gasteiger partial charge in [-0.3, -0.25) is 24.0 Å². The Labute approximate surface area is 250 Å². The van der Waals surface area contributed by atoms with E-state index in [4.69, 9.17) is 5.73 Å². The Morgan fingerprint density at radius 2 is 1.12 bits per heavy atom. The van der Waals surface area contributed by atoms with Gasteiger partial charge in [0.25, 0.3) is 0 Å². The van der Waals surface area contributed by atoms with Crippen molar-refractivity contribution in [3.05, 3.63) is 107 Å². The van der Waals surface area contributed by atoms with Gasteiger partial charge in [-0.05, 0) is 41.7 Å². The number of amides is 5. The Morgan fingerprint density at radius 3 is 1.65 bits per heavy atom. The molecule has 2 heterocycles. The molecule has 5 rings (SSSR count). The van der Waals surface area contributed by atoms with E-state index in [2.05, 4.69) is 16.0 Å². The summed E-state index contributed by atoms with van der Waals surface area (Å²) in [5.74, 6) is -2.35. The molecule has 0 spiro atoms. The molecule has 0 unspecified atom stereocenters. The number of hydrogen-bond acceptors (Lipinski definition) is 5. The van der Waals surface area contributed by atoms with E-state index in [-0.39, 0.29) is 25.2 Å². The van der Waals surface area contributed by atoms with Crippen molar-refractivity contribution in [2.75, 3.05) is 6.54 Å². The maximum Gasteiger partial charge on any atom is 0.248 e. The summed E-state index contributed by atoms with van der Waals surface area (Å²) in [7, 11) is 0. The van der Waals surface area contributed by atoms with Crippen LogP contribution in [0.4, 0.5) is 0 Å². The van der Waals surface area contributed by atoms with Crippen LogP contribution in [0.25, 0.3) is 0 Å². The van der Waals surface area contributed by atoms with Crippen LogP contribution in [0, 0.1) is 0 Å². The van der Waals surface area contributed by atoms with Crippen molar-refractivity contribution in [3.63, 3.8) is 0 Å². The molecule has 2 aliphatic heterocycles. The minimum Gasteiger partial charge on any atom is -0.366 e. The molecule has 43 heavy (non-hydrogen) atoms. The lowest BCUT2D eigenvalue weighted by atomic mass is 9.99. The molecule has 0 aliphatic carbocycles. The van der Waals surface area contributed by atoms with Crippen molar-refractivity contribution in [2.24, 2.45) is 5.73 Å². The summed E-state index contributed by atoms with van der Waals surface area (Å²) >= 11 is 0. The van der Waals surface area contributed by atoms with E-state index in [0.717, 1.165) is 11.1 Å². The standard InChI is InChI=1S/C33H35N5O5/c34-29(39)24-15-13-23(14-16-24)19-25-31(41)37-27(20-22-10-5-2-6-11-22)33(43)38-17-7-12-28(38)32(42)36-26(30(40)35-25)18-21-8-3-1-4-9-21/h1-6,8-11,13-16,25-28H,7,12,17-20H2,(H2,34,39)(H,35,40)(H,36,42)(H,37,41)/t25-,26+,27+,28-/m1/s1. The lowest BCUT2D eigenvalue weighted by Crippen LogP contribution is -2.62. The quantitative estimate of drug-likeness (QED) is 0.331. The van der Waals surface area contributed by atoms with Crippen LogP contribution in [-0.4, -0.2) is 65.1 Å². The van der Waals surface area contributed by atoms with E-state index in [1.54, 1.807) is 24.3 Å². The van der Waals surface area contributed by atoms with E-state index in [9.17, 15) is 24.0 Å². The molecule has 10 heteroatoms. The number of benzene rings is 3. The van der Waals surface area contributed by atoms with Crippen molar-refractivity contribution in [3.8, 4) is 0 Å². The Morgan fingerprint density at radius 1 is 0.651 bits per heavy atom. The van der Waals surface area contributed by atoms with Crippen molar-refractivity contribution < 1.29 is 24.0 Å². The Bertz CT molecular complexity index is 1480. The van der Waals surface area contributed by atoms with Gasteiger partial charge in [0.15, 0.2) is 0 Å². The molecule has 222 valence electrons. The normalized spacial score (nSPS) is 22.8. The fraction of sp³-hybridized carbons (Fsp3) is 0.303. The third-order valence-corrected chi connectivity index (χ3v) is 7.96. The van der Waals surface area contributed by atoms with Crippen LogP contribution in [-0.2, 0) is 38.4 Å². The van der Waals surface area contributed by atoms with Gasteiger partial charge in [0.05, 0.1) is 0 Å². The first-order valence-electron chi connectivity index (χ1n) is 14.5. The minimum atomic E-state index is -1.07. The van der Waals surface area contributed by atoms with Gasteiger partial charge in [-0.1, -0.05) is 72.8 Å². The van der Waals surface area contributed by atoms with Crippen LogP contribution >= 0.6 is 0 Å². The lowest BCUT2D eigenvalue weighted by Gasteiger charge is -2.32. The highest BCUT2D eigenvalue weighted by molar-refractivity contribution is 5.98. The van der Waals surface area contributed by atoms with Gasteiger partial charge in [-0.2, -0.15) is 0 Å². The SMILES string of the molecule is NC(=O)c1ccc(C[C@H]2NC(=O)[C@H](Cc3ccccc3)NC(=O)[C@H]3CCCN3C(=O)[C@H](Cc3ccccc3)NC2=O)cc1. The molecule has 0 bridgehead atoms. The summed E-state index contributed by atoms with van der Waals surface area (Å²) in [5.41, 5.74) is 8.04. The number of primary amides is 1. The van der Waals surface area contributed by atoms with Gasteiger partial charge in [-0.15, -0.1) is 0 Å². The predicted octanol–water partition coefficient (Wildman–Crippen LogP) is 1.27. The largest absolute Gasteiger partial charge is 0.366 e. The molecule has 10 nitrogen and oxygen atoms in total. The van der Waals surface area contributed by atoms with E-state index < -0.39 is 47.8 Å². The summed E-state index contributed by atoms with van der Waals surface area (Å²) in [5, 5.41) is 8.61. The zero-order chi connectivity index (χ0) is 30.3. The number of nitrogens with zero attached hydrogens (tertiary/aromatic N) is 1. The summed E-state index contributed by atoms with van der Waals surface area (Å²) in [4.78, 5) is 68.2. The molecule has 5 N–H and O–H groups in total. The molecule has 0 radical (unpaired) electrons. The van der Waals surface area contributed by atoms with Crippen molar-refractivity contribution in [1.82, 2.24) is 20.9 Å². The zero-order valence-corrected chi connectivity index (χ0v) is 23.7. The second kappa shape index (κ2) is 13.3. The molecule has 4 atom stereocenters. The van der Waals surface area contributed by atoms with Crippen molar-refractivity contribution in [2.45, 2.75) is 56.3 Å². The van der Waals surface area contributed by atoms with Gasteiger partial charge in [0, 0.05) is 31.4 Å². The van der Waals surface area contributed by atoms with Crippen molar-refractivity contribution >= 4 is 29.5 Å². The highest BCUT2D eigenvalue weighted by Crippen LogP contribution is 2.21. The predicted molar refractivity (Wildman–Crippen MR) is 159 cm³/mol. The highest BCUT2D eigenvalue weighted by Gasteiger charge is 2.40. The van der Waals surface area contributed by atoms with Crippen LogP contribution in [0.3, 0.4) is 0 Å². The third-order valence-electron chi connectivity index (χ3n) is 7.96. The molecule has 5 amide bonds. The van der Waals surface area contributed by atoms with Crippen LogP contribution in [0.2, 0.25) is 0 Å². The minimum absolute atomic E-state index is 0.0845. The molecular weight excluding hydrogens is 546 g/mol. The smallest absolute Gasteiger partial charge is 0.248 e. The number of hydrogen-bond donors (Lipinski definition) is 4. The van der Waals surface area contributed by atoms with E-state index >= 15 is 0 Å². The number of nitrogens with one attached hydrogen (secondary N) is 3. The van der Waals surface area contributed by atoms with Crippen LogP contribution < -0.4 is 21.7 Å². The fourth-order valence-electron chi connectivity index (χ4n) is 5.67. The summed E-state index contributed by atoms with van der Waals surface area (Å²) < 4.78 is 0. The molecule has 2 fully saturated rings. The van der Waals surface area contributed by atoms with Crippen molar-refractivity contribution in [1.29, 1.82) is 0 Å². The first-order valence-corrected chi connectivity index (χ1v) is 14.5. The van der Waals surface area contributed by atoms with E-state index in [1.807, 2.05) is 60.7 Å². The number of nitrogens with two attached hydrogens (primary N) is 1. The number of rotatable bonds is 7. The molecule has 2 saturated heterocycles. The monoisotopic (exact) mass is 581 g/mol. The lowest BCUT2D eigenvalue weighted by molar-refractivity contribution is -0.143. The van der Waals surface area contributed by atoms with Gasteiger partial charge < -0.3 is 26.6 Å². The average Bonchev–Trinajstić information content (AvgIpc) is 3.51. The summed E-state index contributed by atoms with van der Waals surface area (Å²) in [6.45, 7) is 0.378. The molecule has 3 aromatic carbocycles. The molecule has 0 aromatic heterocycles. The molecular formula is C33H35N5O5. The molecule has 3 aromatic rings. The Hall–Kier alpha value is -4.99. The molecule has 0 saturated carbocycles. The number of carbonyl (C=O) groups is 5. The number of fused-ring (bicyclic) bond motifs is 1. The average molecular weight is 582 g/mol.